The molecule has 0 radical (unpaired) electrons. The predicted molar refractivity (Wildman–Crippen MR) is 182 cm³/mol. The molecule has 6 heteroatoms. The van der Waals surface area contributed by atoms with E-state index in [2.05, 4.69) is 51.4 Å². The van der Waals surface area contributed by atoms with Gasteiger partial charge in [-0.1, -0.05) is 127 Å². The fourth-order valence-electron chi connectivity index (χ4n) is 6.88. The summed E-state index contributed by atoms with van der Waals surface area (Å²) in [7, 11) is 0. The van der Waals surface area contributed by atoms with Crippen LogP contribution in [0.4, 0.5) is 17.1 Å². The number of nitrogens with zero attached hydrogens (tertiary/aromatic N) is 3. The van der Waals surface area contributed by atoms with Crippen LogP contribution >= 0.6 is 0 Å². The van der Waals surface area contributed by atoms with Crippen LogP contribution in [0.3, 0.4) is 0 Å². The Labute approximate surface area is 272 Å². The van der Waals surface area contributed by atoms with E-state index >= 15 is 0 Å². The van der Waals surface area contributed by atoms with Crippen molar-refractivity contribution >= 4 is 35.3 Å². The Morgan fingerprint density at radius 2 is 0.511 bits per heavy atom. The van der Waals surface area contributed by atoms with Crippen molar-refractivity contribution in [2.24, 2.45) is 15.0 Å². The first-order chi connectivity index (χ1) is 23.2. The highest BCUT2D eigenvalue weighted by molar-refractivity contribution is 5.70. The standard InChI is InChI=1S/C41H27N3O3/c45-28-42-37-22-16-34(17-23-37)41(35-18-24-38(25-19-35)43-29-46,36-20-26-39(27-21-36)44-30-47)40(31-10-4-1-5-11-31,32-12-6-2-7-13-32)33-14-8-3-9-15-33/h1-27H. The van der Waals surface area contributed by atoms with Crippen molar-refractivity contribution in [3.05, 3.63) is 197 Å². The molecule has 0 saturated heterocycles. The van der Waals surface area contributed by atoms with Gasteiger partial charge in [0.15, 0.2) is 0 Å². The van der Waals surface area contributed by atoms with Crippen LogP contribution in [0.5, 0.6) is 0 Å². The van der Waals surface area contributed by atoms with Gasteiger partial charge in [0, 0.05) is 0 Å². The lowest BCUT2D eigenvalue weighted by atomic mass is 9.47. The first kappa shape index (κ1) is 30.5. The molecule has 0 bridgehead atoms. The van der Waals surface area contributed by atoms with Gasteiger partial charge in [0.25, 0.3) is 0 Å². The molecule has 0 heterocycles. The second-order valence-corrected chi connectivity index (χ2v) is 10.8. The third kappa shape index (κ3) is 5.38. The van der Waals surface area contributed by atoms with Crippen LogP contribution in [0.25, 0.3) is 0 Å². The van der Waals surface area contributed by atoms with E-state index in [-0.39, 0.29) is 0 Å². The van der Waals surface area contributed by atoms with E-state index < -0.39 is 10.8 Å². The average molecular weight is 610 g/mol. The third-order valence-corrected chi connectivity index (χ3v) is 8.61. The molecule has 0 amide bonds. The van der Waals surface area contributed by atoms with Crippen LogP contribution in [0.15, 0.2) is 179 Å². The topological polar surface area (TPSA) is 88.3 Å². The zero-order chi connectivity index (χ0) is 32.5. The van der Waals surface area contributed by atoms with Gasteiger partial charge in [-0.25, -0.2) is 14.4 Å². The highest BCUT2D eigenvalue weighted by Crippen LogP contribution is 2.60. The zero-order valence-corrected chi connectivity index (χ0v) is 25.2. The van der Waals surface area contributed by atoms with Gasteiger partial charge in [-0.05, 0) is 69.8 Å². The Morgan fingerprint density at radius 1 is 0.298 bits per heavy atom. The van der Waals surface area contributed by atoms with Crippen molar-refractivity contribution in [2.75, 3.05) is 0 Å². The second kappa shape index (κ2) is 13.6. The van der Waals surface area contributed by atoms with E-state index in [0.717, 1.165) is 33.4 Å². The minimum absolute atomic E-state index is 0.466. The summed E-state index contributed by atoms with van der Waals surface area (Å²) in [6, 6.07) is 53.7. The van der Waals surface area contributed by atoms with E-state index in [0.29, 0.717) is 17.1 Å². The molecular formula is C41H27N3O3. The molecule has 6 rings (SSSR count). The summed E-state index contributed by atoms with van der Waals surface area (Å²) in [5.74, 6) is 0. The fraction of sp³-hybridized carbons (Fsp3) is 0.0488. The molecule has 0 unspecified atom stereocenters. The first-order valence-electron chi connectivity index (χ1n) is 14.9. The molecule has 0 spiro atoms. The van der Waals surface area contributed by atoms with Gasteiger partial charge in [0.05, 0.1) is 27.9 Å². The summed E-state index contributed by atoms with van der Waals surface area (Å²) in [5.41, 5.74) is 5.10. The Bertz CT molecular complexity index is 1870. The lowest BCUT2D eigenvalue weighted by Gasteiger charge is -2.53. The molecule has 0 fully saturated rings. The van der Waals surface area contributed by atoms with Crippen LogP contribution in [0, 0.1) is 0 Å². The number of hydrogen-bond acceptors (Lipinski definition) is 6. The highest BCUT2D eigenvalue weighted by atomic mass is 16.1. The Morgan fingerprint density at radius 3 is 0.723 bits per heavy atom. The number of benzene rings is 6. The van der Waals surface area contributed by atoms with Gasteiger partial charge in [-0.3, -0.25) is 0 Å². The number of rotatable bonds is 10. The zero-order valence-electron chi connectivity index (χ0n) is 25.2. The summed E-state index contributed by atoms with van der Waals surface area (Å²) in [6.07, 6.45) is 4.92. The molecule has 0 aliphatic carbocycles. The second-order valence-electron chi connectivity index (χ2n) is 10.8. The van der Waals surface area contributed by atoms with Crippen LogP contribution in [0.1, 0.15) is 33.4 Å². The number of hydrogen-bond donors (Lipinski definition) is 0. The Balaban J connectivity index is 1.91. The van der Waals surface area contributed by atoms with E-state index in [4.69, 9.17) is 0 Å². The molecule has 0 atom stereocenters. The Hall–Kier alpha value is -6.54. The summed E-state index contributed by atoms with van der Waals surface area (Å²) in [4.78, 5) is 45.3. The smallest absolute Gasteiger partial charge is 0.211 e. The van der Waals surface area contributed by atoms with Crippen molar-refractivity contribution in [1.82, 2.24) is 0 Å². The van der Waals surface area contributed by atoms with Crippen LogP contribution in [-0.4, -0.2) is 18.2 Å². The van der Waals surface area contributed by atoms with Gasteiger partial charge < -0.3 is 0 Å². The summed E-state index contributed by atoms with van der Waals surface area (Å²) < 4.78 is 0. The molecule has 47 heavy (non-hydrogen) atoms. The molecule has 224 valence electrons. The largest absolute Gasteiger partial charge is 0.240 e. The van der Waals surface area contributed by atoms with Gasteiger partial charge >= 0.3 is 0 Å². The maximum absolute atomic E-state index is 11.2. The summed E-state index contributed by atoms with van der Waals surface area (Å²) in [6.45, 7) is 0. The van der Waals surface area contributed by atoms with Crippen LogP contribution in [0.2, 0.25) is 0 Å². The monoisotopic (exact) mass is 609 g/mol. The van der Waals surface area contributed by atoms with Crippen LogP contribution in [-0.2, 0) is 25.2 Å². The maximum Gasteiger partial charge on any atom is 0.240 e. The lowest BCUT2D eigenvalue weighted by Crippen LogP contribution is -2.52. The molecule has 6 aromatic rings. The highest BCUT2D eigenvalue weighted by Gasteiger charge is 2.57. The lowest BCUT2D eigenvalue weighted by molar-refractivity contribution is 0.420. The minimum atomic E-state index is -1.05. The summed E-state index contributed by atoms with van der Waals surface area (Å²) >= 11 is 0. The molecule has 6 nitrogen and oxygen atoms in total. The predicted octanol–water partition coefficient (Wildman–Crippen LogP) is 8.96. The van der Waals surface area contributed by atoms with Crippen molar-refractivity contribution in [3.8, 4) is 0 Å². The van der Waals surface area contributed by atoms with E-state index in [1.54, 1.807) is 54.6 Å². The maximum atomic E-state index is 11.2. The third-order valence-electron chi connectivity index (χ3n) is 8.61. The molecule has 0 saturated carbocycles. The summed E-state index contributed by atoms with van der Waals surface area (Å²) in [5, 5.41) is 0. The fourth-order valence-corrected chi connectivity index (χ4v) is 6.88. The molecular weight excluding hydrogens is 582 g/mol. The van der Waals surface area contributed by atoms with E-state index in [1.165, 1.54) is 0 Å². The Kier molecular flexibility index (Phi) is 8.84. The number of isocyanates is 3. The van der Waals surface area contributed by atoms with Gasteiger partial charge in [0.2, 0.25) is 18.2 Å². The minimum Gasteiger partial charge on any atom is -0.211 e. The van der Waals surface area contributed by atoms with Crippen molar-refractivity contribution in [3.63, 3.8) is 0 Å². The molecule has 6 aromatic carbocycles. The molecule has 0 aliphatic heterocycles. The average Bonchev–Trinajstić information content (AvgIpc) is 3.13. The number of aliphatic imine (C=N–C) groups is 3. The molecule has 0 N–H and O–H groups in total. The molecule has 0 aliphatic rings. The van der Waals surface area contributed by atoms with E-state index in [9.17, 15) is 14.4 Å². The molecule has 0 aromatic heterocycles. The van der Waals surface area contributed by atoms with Crippen LogP contribution < -0.4 is 0 Å². The van der Waals surface area contributed by atoms with E-state index in [1.807, 2.05) is 91.0 Å². The van der Waals surface area contributed by atoms with Gasteiger partial charge in [-0.2, -0.15) is 15.0 Å². The van der Waals surface area contributed by atoms with Crippen molar-refractivity contribution in [1.29, 1.82) is 0 Å². The van der Waals surface area contributed by atoms with Crippen molar-refractivity contribution in [2.45, 2.75) is 10.8 Å². The first-order valence-corrected chi connectivity index (χ1v) is 14.9. The van der Waals surface area contributed by atoms with Gasteiger partial charge in [-0.15, -0.1) is 0 Å². The number of carbonyl (C=O) groups excluding carboxylic acids is 3. The quantitative estimate of drug-likeness (QED) is 0.0882. The SMILES string of the molecule is O=C=Nc1ccc(C(c2ccc(N=C=O)cc2)(c2ccc(N=C=O)cc2)C(c2ccccc2)(c2ccccc2)c2ccccc2)cc1. The van der Waals surface area contributed by atoms with Crippen molar-refractivity contribution < 1.29 is 14.4 Å². The normalized spacial score (nSPS) is 12.0. The van der Waals surface area contributed by atoms with Gasteiger partial charge in [0.1, 0.15) is 0 Å².